The summed E-state index contributed by atoms with van der Waals surface area (Å²) in [7, 11) is 0. The van der Waals surface area contributed by atoms with Crippen LogP contribution in [0.5, 0.6) is 0 Å². The molecular weight excluding hydrogens is 378 g/mol. The number of anilines is 2. The molecule has 1 heterocycles. The van der Waals surface area contributed by atoms with Crippen LogP contribution >= 0.6 is 23.2 Å². The number of aromatic nitrogens is 2. The van der Waals surface area contributed by atoms with Crippen molar-refractivity contribution in [3.8, 4) is 0 Å². The quantitative estimate of drug-likeness (QED) is 0.657. The van der Waals surface area contributed by atoms with E-state index in [0.717, 1.165) is 5.56 Å². The average Bonchev–Trinajstić information content (AvgIpc) is 2.60. The molecule has 1 aromatic heterocycles. The molecule has 8 heteroatoms. The van der Waals surface area contributed by atoms with Crippen LogP contribution in [-0.2, 0) is 6.54 Å². The second kappa shape index (κ2) is 8.12. The molecule has 3 rings (SSSR count). The van der Waals surface area contributed by atoms with E-state index < -0.39 is 5.91 Å². The van der Waals surface area contributed by atoms with Gasteiger partial charge >= 0.3 is 0 Å². The third-order valence-corrected chi connectivity index (χ3v) is 3.81. The first-order valence-electron chi connectivity index (χ1n) is 7.58. The van der Waals surface area contributed by atoms with E-state index in [2.05, 4.69) is 20.6 Å². The van der Waals surface area contributed by atoms with Crippen molar-refractivity contribution in [3.05, 3.63) is 81.8 Å². The molecule has 2 N–H and O–H groups in total. The molecule has 0 fully saturated rings. The van der Waals surface area contributed by atoms with Gasteiger partial charge in [0.1, 0.15) is 11.5 Å². The van der Waals surface area contributed by atoms with Crippen molar-refractivity contribution in [2.24, 2.45) is 0 Å². The summed E-state index contributed by atoms with van der Waals surface area (Å²) in [4.78, 5) is 20.6. The zero-order valence-electron chi connectivity index (χ0n) is 13.3. The summed E-state index contributed by atoms with van der Waals surface area (Å²) in [5.74, 6) is -0.438. The van der Waals surface area contributed by atoms with Crippen LogP contribution in [0.1, 0.15) is 16.1 Å². The standard InChI is InChI=1S/C18H13Cl2FN4O/c19-12-7-13(20)9-15(8-12)24-17(26)16-5-6-22-18(25-16)23-10-11-1-3-14(21)4-2-11/h1-9H,10H2,(H,24,26)(H,22,23,25). The van der Waals surface area contributed by atoms with Gasteiger partial charge in [0.15, 0.2) is 0 Å². The molecule has 2 aromatic carbocycles. The summed E-state index contributed by atoms with van der Waals surface area (Å²) in [6.45, 7) is 0.398. The van der Waals surface area contributed by atoms with Crippen LogP contribution in [0.15, 0.2) is 54.7 Å². The molecule has 0 aliphatic heterocycles. The van der Waals surface area contributed by atoms with Crippen molar-refractivity contribution >= 4 is 40.7 Å². The topological polar surface area (TPSA) is 66.9 Å². The second-order valence-electron chi connectivity index (χ2n) is 5.36. The van der Waals surface area contributed by atoms with Gasteiger partial charge in [0.05, 0.1) is 0 Å². The summed E-state index contributed by atoms with van der Waals surface area (Å²) in [5, 5.41) is 6.50. The second-order valence-corrected chi connectivity index (χ2v) is 6.23. The zero-order chi connectivity index (χ0) is 18.5. The maximum Gasteiger partial charge on any atom is 0.274 e. The maximum absolute atomic E-state index is 12.9. The molecule has 0 aliphatic carbocycles. The first-order valence-corrected chi connectivity index (χ1v) is 8.34. The van der Waals surface area contributed by atoms with Crippen molar-refractivity contribution < 1.29 is 9.18 Å². The van der Waals surface area contributed by atoms with Gasteiger partial charge in [0, 0.05) is 28.5 Å². The van der Waals surface area contributed by atoms with Gasteiger partial charge in [-0.05, 0) is 42.0 Å². The Morgan fingerprint density at radius 1 is 1.04 bits per heavy atom. The van der Waals surface area contributed by atoms with Crippen LogP contribution in [0.25, 0.3) is 0 Å². The Morgan fingerprint density at radius 3 is 2.42 bits per heavy atom. The number of benzene rings is 2. The smallest absolute Gasteiger partial charge is 0.274 e. The van der Waals surface area contributed by atoms with Crippen LogP contribution in [0, 0.1) is 5.82 Å². The molecule has 3 aromatic rings. The van der Waals surface area contributed by atoms with Crippen LogP contribution in [0.2, 0.25) is 10.0 Å². The van der Waals surface area contributed by atoms with Crippen LogP contribution < -0.4 is 10.6 Å². The molecule has 0 unspecified atom stereocenters. The molecule has 26 heavy (non-hydrogen) atoms. The number of carbonyl (C=O) groups is 1. The summed E-state index contributed by atoms with van der Waals surface area (Å²) < 4.78 is 12.9. The van der Waals surface area contributed by atoms with E-state index >= 15 is 0 Å². The third kappa shape index (κ3) is 4.91. The van der Waals surface area contributed by atoms with E-state index in [1.54, 1.807) is 30.3 Å². The highest BCUT2D eigenvalue weighted by Crippen LogP contribution is 2.22. The molecular formula is C18H13Cl2FN4O. The Kier molecular flexibility index (Phi) is 5.65. The largest absolute Gasteiger partial charge is 0.350 e. The first kappa shape index (κ1) is 18.1. The Morgan fingerprint density at radius 2 is 1.73 bits per heavy atom. The zero-order valence-corrected chi connectivity index (χ0v) is 14.9. The fourth-order valence-corrected chi connectivity index (χ4v) is 2.70. The van der Waals surface area contributed by atoms with Crippen molar-refractivity contribution in [1.82, 2.24) is 9.97 Å². The van der Waals surface area contributed by atoms with E-state index in [0.29, 0.717) is 22.3 Å². The number of halogens is 3. The van der Waals surface area contributed by atoms with Crippen molar-refractivity contribution in [1.29, 1.82) is 0 Å². The molecule has 0 saturated heterocycles. The van der Waals surface area contributed by atoms with E-state index in [1.807, 2.05) is 0 Å². The summed E-state index contributed by atoms with van der Waals surface area (Å²) in [6, 6.07) is 12.3. The number of rotatable bonds is 5. The van der Waals surface area contributed by atoms with Gasteiger partial charge in [0.2, 0.25) is 5.95 Å². The summed E-state index contributed by atoms with van der Waals surface area (Å²) in [5.41, 5.74) is 1.50. The minimum Gasteiger partial charge on any atom is -0.350 e. The minimum atomic E-state index is -0.421. The van der Waals surface area contributed by atoms with Gasteiger partial charge in [-0.2, -0.15) is 0 Å². The lowest BCUT2D eigenvalue weighted by atomic mass is 10.2. The normalized spacial score (nSPS) is 10.4. The number of hydrogen-bond acceptors (Lipinski definition) is 4. The van der Waals surface area contributed by atoms with Gasteiger partial charge in [-0.1, -0.05) is 35.3 Å². The fourth-order valence-electron chi connectivity index (χ4n) is 2.17. The molecule has 0 aliphatic rings. The van der Waals surface area contributed by atoms with E-state index in [4.69, 9.17) is 23.2 Å². The third-order valence-electron chi connectivity index (χ3n) is 3.37. The highest BCUT2D eigenvalue weighted by molar-refractivity contribution is 6.35. The van der Waals surface area contributed by atoms with Crippen molar-refractivity contribution in [2.75, 3.05) is 10.6 Å². The Hall–Kier alpha value is -2.70. The van der Waals surface area contributed by atoms with Crippen LogP contribution in [-0.4, -0.2) is 15.9 Å². The molecule has 0 radical (unpaired) electrons. The number of amides is 1. The lowest BCUT2D eigenvalue weighted by Gasteiger charge is -2.08. The Labute approximate surface area is 159 Å². The molecule has 0 saturated carbocycles. The monoisotopic (exact) mass is 390 g/mol. The van der Waals surface area contributed by atoms with Crippen molar-refractivity contribution in [2.45, 2.75) is 6.54 Å². The van der Waals surface area contributed by atoms with E-state index in [1.165, 1.54) is 24.4 Å². The summed E-state index contributed by atoms with van der Waals surface area (Å²) >= 11 is 11.8. The number of nitrogens with one attached hydrogen (secondary N) is 2. The number of carbonyl (C=O) groups excluding carboxylic acids is 1. The van der Waals surface area contributed by atoms with Gasteiger partial charge in [-0.25, -0.2) is 14.4 Å². The fraction of sp³-hybridized carbons (Fsp3) is 0.0556. The highest BCUT2D eigenvalue weighted by atomic mass is 35.5. The molecule has 1 amide bonds. The SMILES string of the molecule is O=C(Nc1cc(Cl)cc(Cl)c1)c1ccnc(NCc2ccc(F)cc2)n1. The predicted octanol–water partition coefficient (Wildman–Crippen LogP) is 4.79. The maximum atomic E-state index is 12.9. The van der Waals surface area contributed by atoms with Crippen LogP contribution in [0.4, 0.5) is 16.0 Å². The van der Waals surface area contributed by atoms with E-state index in [-0.39, 0.29) is 17.5 Å². The van der Waals surface area contributed by atoms with E-state index in [9.17, 15) is 9.18 Å². The Bertz CT molecular complexity index is 914. The number of nitrogens with zero attached hydrogens (tertiary/aromatic N) is 2. The predicted molar refractivity (Wildman–Crippen MR) is 100 cm³/mol. The first-order chi connectivity index (χ1) is 12.5. The van der Waals surface area contributed by atoms with Gasteiger partial charge in [0.25, 0.3) is 5.91 Å². The van der Waals surface area contributed by atoms with Crippen LogP contribution in [0.3, 0.4) is 0 Å². The summed E-state index contributed by atoms with van der Waals surface area (Å²) in [6.07, 6.45) is 1.47. The molecule has 0 spiro atoms. The molecule has 132 valence electrons. The van der Waals surface area contributed by atoms with Gasteiger partial charge < -0.3 is 10.6 Å². The molecule has 0 atom stereocenters. The van der Waals surface area contributed by atoms with Gasteiger partial charge in [-0.15, -0.1) is 0 Å². The minimum absolute atomic E-state index is 0.178. The van der Waals surface area contributed by atoms with Gasteiger partial charge in [-0.3, -0.25) is 4.79 Å². The highest BCUT2D eigenvalue weighted by Gasteiger charge is 2.10. The lowest BCUT2D eigenvalue weighted by molar-refractivity contribution is 0.102. The average molecular weight is 391 g/mol. The Balaban J connectivity index is 1.67. The molecule has 0 bridgehead atoms. The van der Waals surface area contributed by atoms with Crippen molar-refractivity contribution in [3.63, 3.8) is 0 Å². The number of hydrogen-bond donors (Lipinski definition) is 2. The molecule has 5 nitrogen and oxygen atoms in total. The lowest BCUT2D eigenvalue weighted by Crippen LogP contribution is -2.15.